The SMILES string of the molecule is COc1ccc([C@]2(O)c3ccccc3[C@@H](OC)[C@H]3COC(=O)[C@H]32)cc1OC. The van der Waals surface area contributed by atoms with Crippen molar-refractivity contribution >= 4 is 5.97 Å². The molecular weight excluding hydrogens is 348 g/mol. The third-order valence-corrected chi connectivity index (χ3v) is 5.69. The van der Waals surface area contributed by atoms with E-state index in [0.29, 0.717) is 22.6 Å². The summed E-state index contributed by atoms with van der Waals surface area (Å²) < 4.78 is 21.8. The van der Waals surface area contributed by atoms with Crippen LogP contribution in [-0.2, 0) is 19.9 Å². The van der Waals surface area contributed by atoms with Crippen molar-refractivity contribution in [1.82, 2.24) is 0 Å². The Kier molecular flexibility index (Phi) is 4.32. The number of esters is 1. The molecule has 2 aliphatic rings. The lowest BCUT2D eigenvalue weighted by molar-refractivity contribution is -0.149. The van der Waals surface area contributed by atoms with E-state index >= 15 is 0 Å². The molecule has 0 bridgehead atoms. The van der Waals surface area contributed by atoms with Crippen molar-refractivity contribution in [1.29, 1.82) is 0 Å². The highest BCUT2D eigenvalue weighted by Gasteiger charge is 2.59. The van der Waals surface area contributed by atoms with E-state index in [-0.39, 0.29) is 18.6 Å². The van der Waals surface area contributed by atoms with Gasteiger partial charge >= 0.3 is 5.97 Å². The van der Waals surface area contributed by atoms with Crippen LogP contribution in [0.4, 0.5) is 0 Å². The third-order valence-electron chi connectivity index (χ3n) is 5.69. The molecule has 6 nitrogen and oxygen atoms in total. The largest absolute Gasteiger partial charge is 0.493 e. The summed E-state index contributed by atoms with van der Waals surface area (Å²) in [7, 11) is 4.70. The quantitative estimate of drug-likeness (QED) is 0.834. The molecule has 4 rings (SSSR count). The number of aliphatic hydroxyl groups is 1. The highest BCUT2D eigenvalue weighted by Crippen LogP contribution is 2.55. The summed E-state index contributed by atoms with van der Waals surface area (Å²) in [4.78, 5) is 12.7. The van der Waals surface area contributed by atoms with Gasteiger partial charge in [-0.1, -0.05) is 30.3 Å². The molecule has 1 aliphatic heterocycles. The van der Waals surface area contributed by atoms with E-state index in [1.54, 1.807) is 32.4 Å². The zero-order chi connectivity index (χ0) is 19.2. The molecule has 142 valence electrons. The summed E-state index contributed by atoms with van der Waals surface area (Å²) in [5, 5.41) is 12.0. The average molecular weight is 370 g/mol. The Balaban J connectivity index is 1.97. The van der Waals surface area contributed by atoms with Gasteiger partial charge in [0, 0.05) is 13.0 Å². The summed E-state index contributed by atoms with van der Waals surface area (Å²) >= 11 is 0. The fraction of sp³-hybridized carbons (Fsp3) is 0.381. The number of methoxy groups -OCH3 is 3. The first-order chi connectivity index (χ1) is 13.1. The third kappa shape index (κ3) is 2.44. The predicted molar refractivity (Wildman–Crippen MR) is 96.7 cm³/mol. The second-order valence-corrected chi connectivity index (χ2v) is 6.85. The van der Waals surface area contributed by atoms with Crippen LogP contribution >= 0.6 is 0 Å². The topological polar surface area (TPSA) is 74.2 Å². The lowest BCUT2D eigenvalue weighted by atomic mass is 9.63. The summed E-state index contributed by atoms with van der Waals surface area (Å²) in [6, 6.07) is 12.7. The molecule has 6 heteroatoms. The van der Waals surface area contributed by atoms with Gasteiger partial charge in [-0.15, -0.1) is 0 Å². The van der Waals surface area contributed by atoms with E-state index in [9.17, 15) is 9.90 Å². The highest BCUT2D eigenvalue weighted by molar-refractivity contribution is 5.79. The minimum absolute atomic E-state index is 0.214. The molecular formula is C21H22O6. The van der Waals surface area contributed by atoms with Crippen LogP contribution in [0.2, 0.25) is 0 Å². The molecule has 1 heterocycles. The zero-order valence-electron chi connectivity index (χ0n) is 15.5. The van der Waals surface area contributed by atoms with Gasteiger partial charge < -0.3 is 24.1 Å². The lowest BCUT2D eigenvalue weighted by Gasteiger charge is -2.44. The molecule has 0 amide bonds. The van der Waals surface area contributed by atoms with Gasteiger partial charge in [0.1, 0.15) is 11.5 Å². The monoisotopic (exact) mass is 370 g/mol. The minimum atomic E-state index is -1.55. The molecule has 0 radical (unpaired) electrons. The second-order valence-electron chi connectivity index (χ2n) is 6.85. The number of hydrogen-bond acceptors (Lipinski definition) is 6. The minimum Gasteiger partial charge on any atom is -0.493 e. The van der Waals surface area contributed by atoms with Crippen LogP contribution in [0, 0.1) is 11.8 Å². The van der Waals surface area contributed by atoms with Gasteiger partial charge in [0.05, 0.1) is 26.9 Å². The first kappa shape index (κ1) is 17.8. The van der Waals surface area contributed by atoms with E-state index in [1.165, 1.54) is 7.11 Å². The molecule has 0 saturated carbocycles. The Morgan fingerprint density at radius 3 is 2.52 bits per heavy atom. The summed E-state index contributed by atoms with van der Waals surface area (Å²) in [6.45, 7) is 0.214. The molecule has 27 heavy (non-hydrogen) atoms. The van der Waals surface area contributed by atoms with Crippen LogP contribution < -0.4 is 9.47 Å². The lowest BCUT2D eigenvalue weighted by Crippen LogP contribution is -2.48. The van der Waals surface area contributed by atoms with Crippen molar-refractivity contribution in [2.45, 2.75) is 11.7 Å². The number of fused-ring (bicyclic) bond motifs is 2. The number of carbonyl (C=O) groups is 1. The fourth-order valence-corrected chi connectivity index (χ4v) is 4.48. The van der Waals surface area contributed by atoms with Gasteiger partial charge in [0.25, 0.3) is 0 Å². The van der Waals surface area contributed by atoms with Crippen molar-refractivity contribution in [3.05, 3.63) is 59.2 Å². The van der Waals surface area contributed by atoms with E-state index in [1.807, 2.05) is 24.3 Å². The normalized spacial score (nSPS) is 28.9. The summed E-state index contributed by atoms with van der Waals surface area (Å²) in [5.74, 6) is -0.438. The Labute approximate surface area is 157 Å². The average Bonchev–Trinajstić information content (AvgIpc) is 3.10. The molecule has 1 saturated heterocycles. The van der Waals surface area contributed by atoms with Crippen LogP contribution in [0.3, 0.4) is 0 Å². The fourth-order valence-electron chi connectivity index (χ4n) is 4.48. The van der Waals surface area contributed by atoms with Gasteiger partial charge in [-0.3, -0.25) is 4.79 Å². The number of benzene rings is 2. The Morgan fingerprint density at radius 1 is 1.07 bits per heavy atom. The standard InChI is InChI=1S/C21H22O6/c1-24-16-9-8-12(10-17(16)25-2)21(23)15-7-5-4-6-13(15)19(26-3)14-11-27-20(22)18(14)21/h4-10,14,18-19,23H,11H2,1-3H3/t14-,18-,19+,21-/m0/s1. The summed E-state index contributed by atoms with van der Waals surface area (Å²) in [5.41, 5.74) is 0.501. The van der Waals surface area contributed by atoms with Gasteiger partial charge in [-0.05, 0) is 28.8 Å². The molecule has 1 fully saturated rings. The molecule has 2 aromatic carbocycles. The van der Waals surface area contributed by atoms with Gasteiger partial charge in [0.15, 0.2) is 11.5 Å². The predicted octanol–water partition coefficient (Wildman–Crippen LogP) is 2.43. The summed E-state index contributed by atoms with van der Waals surface area (Å²) in [6.07, 6.45) is -0.321. The number of rotatable bonds is 4. The number of cyclic esters (lactones) is 1. The smallest absolute Gasteiger partial charge is 0.313 e. The first-order valence-electron chi connectivity index (χ1n) is 8.80. The van der Waals surface area contributed by atoms with Crippen LogP contribution in [0.25, 0.3) is 0 Å². The van der Waals surface area contributed by atoms with Crippen molar-refractivity contribution in [3.8, 4) is 11.5 Å². The van der Waals surface area contributed by atoms with Crippen molar-refractivity contribution in [2.24, 2.45) is 11.8 Å². The molecule has 1 aliphatic carbocycles. The van der Waals surface area contributed by atoms with Crippen LogP contribution in [-0.4, -0.2) is 39.0 Å². The first-order valence-corrected chi connectivity index (χ1v) is 8.80. The zero-order valence-corrected chi connectivity index (χ0v) is 15.5. The van der Waals surface area contributed by atoms with Gasteiger partial charge in [0.2, 0.25) is 0 Å². The maximum absolute atomic E-state index is 12.7. The van der Waals surface area contributed by atoms with Crippen molar-refractivity contribution in [3.63, 3.8) is 0 Å². The van der Waals surface area contributed by atoms with Gasteiger partial charge in [-0.2, -0.15) is 0 Å². The molecule has 0 spiro atoms. The molecule has 1 N–H and O–H groups in total. The second kappa shape index (κ2) is 6.55. The maximum atomic E-state index is 12.7. The van der Waals surface area contributed by atoms with Crippen LogP contribution in [0.15, 0.2) is 42.5 Å². The van der Waals surface area contributed by atoms with E-state index < -0.39 is 17.5 Å². The van der Waals surface area contributed by atoms with E-state index in [2.05, 4.69) is 0 Å². The van der Waals surface area contributed by atoms with Crippen LogP contribution in [0.5, 0.6) is 11.5 Å². The van der Waals surface area contributed by atoms with Crippen molar-refractivity contribution in [2.75, 3.05) is 27.9 Å². The molecule has 4 atom stereocenters. The van der Waals surface area contributed by atoms with Crippen LogP contribution in [0.1, 0.15) is 22.8 Å². The Morgan fingerprint density at radius 2 is 1.81 bits per heavy atom. The van der Waals surface area contributed by atoms with E-state index in [4.69, 9.17) is 18.9 Å². The Bertz CT molecular complexity index is 879. The molecule has 2 aromatic rings. The Hall–Kier alpha value is -2.57. The number of ether oxygens (including phenoxy) is 4. The van der Waals surface area contributed by atoms with Crippen molar-refractivity contribution < 1.29 is 28.8 Å². The number of hydrogen-bond donors (Lipinski definition) is 1. The van der Waals surface area contributed by atoms with Gasteiger partial charge in [-0.25, -0.2) is 0 Å². The number of carbonyl (C=O) groups excluding carboxylic acids is 1. The molecule has 0 unspecified atom stereocenters. The highest BCUT2D eigenvalue weighted by atomic mass is 16.5. The van der Waals surface area contributed by atoms with E-state index in [0.717, 1.165) is 5.56 Å². The molecule has 0 aromatic heterocycles. The maximum Gasteiger partial charge on any atom is 0.313 e.